The quantitative estimate of drug-likeness (QED) is 0.382. The van der Waals surface area contributed by atoms with E-state index in [-0.39, 0.29) is 23.6 Å². The molecule has 3 aromatic carbocycles. The van der Waals surface area contributed by atoms with Gasteiger partial charge in [-0.1, -0.05) is 24.3 Å². The van der Waals surface area contributed by atoms with Crippen molar-refractivity contribution < 1.29 is 23.4 Å². The Morgan fingerprint density at radius 3 is 2.05 bits per heavy atom. The summed E-state index contributed by atoms with van der Waals surface area (Å²) in [6, 6.07) is 20.5. The minimum absolute atomic E-state index is 0.00814. The zero-order chi connectivity index (χ0) is 26.4. The Hall–Kier alpha value is -3.58. The number of likely N-dealkylation sites (tertiary alicyclic amines) is 1. The highest BCUT2D eigenvalue weighted by Crippen LogP contribution is 2.36. The number of methoxy groups -OCH3 is 3. The molecule has 1 amide bonds. The van der Waals surface area contributed by atoms with Crippen molar-refractivity contribution >= 4 is 5.91 Å². The van der Waals surface area contributed by atoms with E-state index >= 15 is 0 Å². The lowest BCUT2D eigenvalue weighted by molar-refractivity contribution is -0.130. The number of amides is 1. The number of hydrogen-bond donors (Lipinski definition) is 0. The van der Waals surface area contributed by atoms with Crippen LogP contribution in [0.1, 0.15) is 29.5 Å². The normalized spacial score (nSPS) is 17.4. The molecular formula is C30H35FN2O4. The Morgan fingerprint density at radius 2 is 1.49 bits per heavy atom. The topological polar surface area (TPSA) is 51.2 Å². The molecule has 1 heterocycles. The SMILES string of the molecule is COc1ccc([C@@H]2CN(Cc3cc(OC)cc(OC)c3)C[C@H]2CN(Cc2ccc(F)cc2)C(C)=O)cc1. The minimum Gasteiger partial charge on any atom is -0.497 e. The molecular weight excluding hydrogens is 471 g/mol. The van der Waals surface area contributed by atoms with E-state index in [0.29, 0.717) is 13.1 Å². The Kier molecular flexibility index (Phi) is 8.66. The second-order valence-electron chi connectivity index (χ2n) is 9.58. The fourth-order valence-electron chi connectivity index (χ4n) is 5.12. The van der Waals surface area contributed by atoms with Crippen molar-refractivity contribution in [3.8, 4) is 17.2 Å². The van der Waals surface area contributed by atoms with Crippen LogP contribution in [0.5, 0.6) is 17.2 Å². The first kappa shape index (κ1) is 26.5. The summed E-state index contributed by atoms with van der Waals surface area (Å²) in [6.45, 7) is 5.11. The minimum atomic E-state index is -0.279. The Balaban J connectivity index is 1.56. The van der Waals surface area contributed by atoms with Gasteiger partial charge in [0.05, 0.1) is 21.3 Å². The van der Waals surface area contributed by atoms with Crippen molar-refractivity contribution in [2.45, 2.75) is 25.9 Å². The molecule has 0 unspecified atom stereocenters. The van der Waals surface area contributed by atoms with Gasteiger partial charge in [0.25, 0.3) is 0 Å². The molecule has 4 rings (SSSR count). The highest BCUT2D eigenvalue weighted by molar-refractivity contribution is 5.73. The lowest BCUT2D eigenvalue weighted by Gasteiger charge is -2.28. The number of ether oxygens (including phenoxy) is 3. The summed E-state index contributed by atoms with van der Waals surface area (Å²) in [6.07, 6.45) is 0. The Morgan fingerprint density at radius 1 is 0.865 bits per heavy atom. The first-order valence-electron chi connectivity index (χ1n) is 12.5. The van der Waals surface area contributed by atoms with Gasteiger partial charge < -0.3 is 19.1 Å². The van der Waals surface area contributed by atoms with Gasteiger partial charge in [0, 0.05) is 51.6 Å². The van der Waals surface area contributed by atoms with Crippen molar-refractivity contribution in [1.82, 2.24) is 9.80 Å². The van der Waals surface area contributed by atoms with Crippen LogP contribution < -0.4 is 14.2 Å². The molecule has 0 saturated carbocycles. The summed E-state index contributed by atoms with van der Waals surface area (Å²) < 4.78 is 29.7. The second-order valence-corrected chi connectivity index (χ2v) is 9.58. The maximum absolute atomic E-state index is 13.4. The molecule has 0 aromatic heterocycles. The maximum atomic E-state index is 13.4. The summed E-state index contributed by atoms with van der Waals surface area (Å²) in [5, 5.41) is 0. The molecule has 1 aliphatic rings. The number of nitrogens with zero attached hydrogens (tertiary/aromatic N) is 2. The molecule has 3 aromatic rings. The van der Waals surface area contributed by atoms with Gasteiger partial charge in [0.15, 0.2) is 0 Å². The first-order chi connectivity index (χ1) is 17.9. The molecule has 0 N–H and O–H groups in total. The third-order valence-electron chi connectivity index (χ3n) is 7.06. The predicted octanol–water partition coefficient (Wildman–Crippen LogP) is 5.12. The van der Waals surface area contributed by atoms with E-state index in [4.69, 9.17) is 14.2 Å². The van der Waals surface area contributed by atoms with Gasteiger partial charge in [-0.2, -0.15) is 0 Å². The van der Waals surface area contributed by atoms with E-state index in [0.717, 1.165) is 48.0 Å². The summed E-state index contributed by atoms with van der Waals surface area (Å²) in [7, 11) is 4.97. The van der Waals surface area contributed by atoms with Crippen LogP contribution in [0.3, 0.4) is 0 Å². The van der Waals surface area contributed by atoms with Crippen molar-refractivity contribution in [1.29, 1.82) is 0 Å². The Bertz CT molecular complexity index is 1160. The molecule has 0 bridgehead atoms. The van der Waals surface area contributed by atoms with Crippen molar-refractivity contribution in [3.05, 3.63) is 89.2 Å². The summed E-state index contributed by atoms with van der Waals surface area (Å²) in [5.74, 6) is 2.55. The fourth-order valence-corrected chi connectivity index (χ4v) is 5.12. The highest BCUT2D eigenvalue weighted by Gasteiger charge is 2.35. The molecule has 2 atom stereocenters. The first-order valence-corrected chi connectivity index (χ1v) is 12.5. The van der Waals surface area contributed by atoms with Gasteiger partial charge in [0.2, 0.25) is 5.91 Å². The second kappa shape index (κ2) is 12.1. The summed E-state index contributed by atoms with van der Waals surface area (Å²) >= 11 is 0. The molecule has 6 nitrogen and oxygen atoms in total. The van der Waals surface area contributed by atoms with Crippen molar-refractivity contribution in [2.75, 3.05) is 41.0 Å². The predicted molar refractivity (Wildman–Crippen MR) is 142 cm³/mol. The van der Waals surface area contributed by atoms with Gasteiger partial charge in [-0.15, -0.1) is 0 Å². The molecule has 37 heavy (non-hydrogen) atoms. The van der Waals surface area contributed by atoms with Crippen molar-refractivity contribution in [3.63, 3.8) is 0 Å². The number of rotatable bonds is 10. The van der Waals surface area contributed by atoms with Gasteiger partial charge in [-0.3, -0.25) is 9.69 Å². The molecule has 196 valence electrons. The van der Waals surface area contributed by atoms with E-state index < -0.39 is 0 Å². The average molecular weight is 507 g/mol. The zero-order valence-electron chi connectivity index (χ0n) is 21.9. The molecule has 0 aliphatic carbocycles. The van der Waals surface area contributed by atoms with Gasteiger partial charge >= 0.3 is 0 Å². The number of carbonyl (C=O) groups is 1. The molecule has 7 heteroatoms. The van der Waals surface area contributed by atoms with Crippen LogP contribution in [0.15, 0.2) is 66.7 Å². The number of halogens is 1. The van der Waals surface area contributed by atoms with Crippen LogP contribution in [-0.4, -0.2) is 56.7 Å². The third kappa shape index (κ3) is 6.80. The molecule has 0 spiro atoms. The Labute approximate surface area is 218 Å². The van der Waals surface area contributed by atoms with Crippen LogP contribution in [-0.2, 0) is 17.9 Å². The number of carbonyl (C=O) groups excluding carboxylic acids is 1. The number of benzene rings is 3. The average Bonchev–Trinajstić information content (AvgIpc) is 3.30. The smallest absolute Gasteiger partial charge is 0.219 e. The van der Waals surface area contributed by atoms with Crippen LogP contribution in [0, 0.1) is 11.7 Å². The van der Waals surface area contributed by atoms with E-state index in [2.05, 4.69) is 17.0 Å². The van der Waals surface area contributed by atoms with Crippen LogP contribution in [0.4, 0.5) is 4.39 Å². The lowest BCUT2D eigenvalue weighted by Crippen LogP contribution is -2.35. The highest BCUT2D eigenvalue weighted by atomic mass is 19.1. The van der Waals surface area contributed by atoms with Gasteiger partial charge in [-0.05, 0) is 59.0 Å². The lowest BCUT2D eigenvalue weighted by atomic mass is 9.88. The summed E-state index contributed by atoms with van der Waals surface area (Å²) in [4.78, 5) is 16.9. The summed E-state index contributed by atoms with van der Waals surface area (Å²) in [5.41, 5.74) is 3.25. The van der Waals surface area contributed by atoms with Crippen LogP contribution >= 0.6 is 0 Å². The van der Waals surface area contributed by atoms with Crippen molar-refractivity contribution in [2.24, 2.45) is 5.92 Å². The number of hydrogen-bond acceptors (Lipinski definition) is 5. The molecule has 1 fully saturated rings. The van der Waals surface area contributed by atoms with Crippen LogP contribution in [0.2, 0.25) is 0 Å². The molecule has 1 aliphatic heterocycles. The standard InChI is InChI=1S/C30H35FN2O4/c1-21(34)33(17-22-5-9-26(31)10-6-22)19-25-18-32(16-23-13-28(36-3)15-29(14-23)37-4)20-30(25)24-7-11-27(35-2)12-8-24/h5-15,25,30H,16-20H2,1-4H3/t25-,30-/m0/s1. The zero-order valence-corrected chi connectivity index (χ0v) is 21.9. The fraction of sp³-hybridized carbons (Fsp3) is 0.367. The van der Waals surface area contributed by atoms with E-state index in [9.17, 15) is 9.18 Å². The third-order valence-corrected chi connectivity index (χ3v) is 7.06. The van der Waals surface area contributed by atoms with Crippen LogP contribution in [0.25, 0.3) is 0 Å². The molecule has 1 saturated heterocycles. The van der Waals surface area contributed by atoms with E-state index in [1.54, 1.807) is 40.4 Å². The maximum Gasteiger partial charge on any atom is 0.219 e. The monoisotopic (exact) mass is 506 g/mol. The molecule has 0 radical (unpaired) electrons. The van der Waals surface area contributed by atoms with Gasteiger partial charge in [-0.25, -0.2) is 4.39 Å². The van der Waals surface area contributed by atoms with Gasteiger partial charge in [0.1, 0.15) is 23.1 Å². The van der Waals surface area contributed by atoms with E-state index in [1.807, 2.05) is 35.2 Å². The van der Waals surface area contributed by atoms with E-state index in [1.165, 1.54) is 17.7 Å². The largest absolute Gasteiger partial charge is 0.497 e.